The molecule has 0 spiro atoms. The lowest BCUT2D eigenvalue weighted by molar-refractivity contribution is -0.116. The van der Waals surface area contributed by atoms with E-state index in [9.17, 15) is 27.6 Å². The van der Waals surface area contributed by atoms with Crippen molar-refractivity contribution in [1.82, 2.24) is 14.9 Å². The average molecular weight is 591 g/mol. The van der Waals surface area contributed by atoms with Gasteiger partial charge in [0.1, 0.15) is 31.7 Å². The van der Waals surface area contributed by atoms with Gasteiger partial charge in [-0.1, -0.05) is 18.2 Å². The van der Waals surface area contributed by atoms with E-state index in [-0.39, 0.29) is 57.4 Å². The maximum atomic E-state index is 13.6. The number of amides is 1. The Bertz CT molecular complexity index is 1320. The van der Waals surface area contributed by atoms with E-state index in [1.807, 2.05) is 0 Å². The Hall–Kier alpha value is -2.87. The highest BCUT2D eigenvalue weighted by atomic mass is 32.1. The van der Waals surface area contributed by atoms with E-state index >= 15 is 0 Å². The smallest absolute Gasteiger partial charge is 0.383 e. The molecule has 0 saturated carbocycles. The number of aryl methyl sites for hydroxylation is 1. The number of phosphoric ester groups is 1. The molecule has 2 aromatic rings. The third kappa shape index (κ3) is 9.67. The number of phosphoric acid groups is 1. The first-order valence-electron chi connectivity index (χ1n) is 11.4. The zero-order valence-corrected chi connectivity index (χ0v) is 23.0. The van der Waals surface area contributed by atoms with Gasteiger partial charge in [0.15, 0.2) is 0 Å². The van der Waals surface area contributed by atoms with Gasteiger partial charge in [0.2, 0.25) is 6.41 Å². The van der Waals surface area contributed by atoms with Crippen molar-refractivity contribution >= 4 is 42.5 Å². The number of aliphatic hydroxyl groups is 1. The maximum absolute atomic E-state index is 13.6. The topological polar surface area (TPSA) is 159 Å². The first-order chi connectivity index (χ1) is 18.4. The molecule has 1 heterocycles. The molecular weight excluding hydrogens is 560 g/mol. The molecule has 0 saturated heterocycles. The summed E-state index contributed by atoms with van der Waals surface area (Å²) in [5, 5.41) is 10.3. The Morgan fingerprint density at radius 3 is 2.41 bits per heavy atom. The molecule has 39 heavy (non-hydrogen) atoms. The van der Waals surface area contributed by atoms with E-state index in [4.69, 9.17) is 15.5 Å². The lowest BCUT2D eigenvalue weighted by atomic mass is 9.97. The highest BCUT2D eigenvalue weighted by Crippen LogP contribution is 2.36. The molecule has 0 aliphatic carbocycles. The van der Waals surface area contributed by atoms with E-state index in [2.05, 4.69) is 14.5 Å². The zero-order valence-electron chi connectivity index (χ0n) is 21.2. The van der Waals surface area contributed by atoms with Gasteiger partial charge < -0.3 is 25.5 Å². The number of hydrogen-bond donors (Lipinski definition) is 5. The Balaban J connectivity index is 2.49. The number of aromatic nitrogens is 2. The summed E-state index contributed by atoms with van der Waals surface area (Å²) in [4.78, 5) is 39.7. The van der Waals surface area contributed by atoms with Crippen LogP contribution in [0.3, 0.4) is 0 Å². The van der Waals surface area contributed by atoms with Crippen LogP contribution < -0.4 is 5.73 Å². The van der Waals surface area contributed by atoms with Crippen molar-refractivity contribution in [3.8, 4) is 0 Å². The molecule has 1 amide bonds. The van der Waals surface area contributed by atoms with Gasteiger partial charge in [-0.15, -0.1) is 11.4 Å². The largest absolute Gasteiger partial charge is 0.469 e. The van der Waals surface area contributed by atoms with E-state index in [1.165, 1.54) is 35.4 Å². The van der Waals surface area contributed by atoms with Crippen LogP contribution in [0.4, 0.5) is 19.0 Å². The highest BCUT2D eigenvalue weighted by molar-refractivity contribution is 8.02. The van der Waals surface area contributed by atoms with Crippen LogP contribution in [0.5, 0.6) is 0 Å². The number of carbonyl (C=O) groups excluding carboxylic acids is 1. The third-order valence-corrected chi connectivity index (χ3v) is 7.26. The number of allylic oxidation sites excluding steroid dienone is 1. The van der Waals surface area contributed by atoms with Gasteiger partial charge in [-0.3, -0.25) is 9.32 Å². The number of nitrogens with two attached hydrogens (primary N) is 1. The number of aliphatic hydroxyl groups excluding tert-OH is 1. The Morgan fingerprint density at radius 2 is 1.85 bits per heavy atom. The first-order valence-corrected chi connectivity index (χ1v) is 13.8. The van der Waals surface area contributed by atoms with Gasteiger partial charge in [0.05, 0.1) is 18.2 Å². The van der Waals surface area contributed by atoms with Crippen molar-refractivity contribution in [3.05, 3.63) is 68.6 Å². The van der Waals surface area contributed by atoms with Crippen LogP contribution in [0.25, 0.3) is 6.08 Å². The van der Waals surface area contributed by atoms with Crippen molar-refractivity contribution in [2.45, 2.75) is 46.8 Å². The van der Waals surface area contributed by atoms with Gasteiger partial charge in [0, 0.05) is 28.8 Å². The van der Waals surface area contributed by atoms with Gasteiger partial charge >= 0.3 is 7.82 Å². The second kappa shape index (κ2) is 15.1. The molecule has 0 bridgehead atoms. The first kappa shape index (κ1) is 32.3. The minimum absolute atomic E-state index is 0.0356. The lowest BCUT2D eigenvalue weighted by Gasteiger charge is -2.22. The van der Waals surface area contributed by atoms with Crippen LogP contribution in [0, 0.1) is 6.92 Å². The number of nitrogens with zero attached hydrogens (tertiary/aromatic N) is 3. The van der Waals surface area contributed by atoms with Crippen LogP contribution in [0.2, 0.25) is 0 Å². The Morgan fingerprint density at radius 1 is 1.18 bits per heavy atom. The van der Waals surface area contributed by atoms with E-state index < -0.39 is 34.5 Å². The zero-order chi connectivity index (χ0) is 29.2. The molecule has 0 radical (unpaired) electrons. The van der Waals surface area contributed by atoms with Crippen LogP contribution in [-0.2, 0) is 40.5 Å². The number of halogens is 3. The minimum atomic E-state index is -4.79. The molecule has 0 aliphatic rings. The second-order valence-corrected chi connectivity index (χ2v) is 10.6. The molecule has 0 fully saturated rings. The van der Waals surface area contributed by atoms with Crippen molar-refractivity contribution < 1.29 is 41.9 Å². The van der Waals surface area contributed by atoms with Gasteiger partial charge in [-0.25, -0.2) is 27.7 Å². The van der Waals surface area contributed by atoms with Gasteiger partial charge in [-0.2, -0.15) is 0 Å². The molecule has 15 heteroatoms. The van der Waals surface area contributed by atoms with Crippen LogP contribution in [0.1, 0.15) is 47.0 Å². The quantitative estimate of drug-likeness (QED) is 0.0710. The fourth-order valence-corrected chi connectivity index (χ4v) is 4.74. The number of nitrogen functional groups attached to an aromatic ring is 1. The van der Waals surface area contributed by atoms with Gasteiger partial charge in [-0.05, 0) is 42.2 Å². The third-order valence-electron chi connectivity index (χ3n) is 5.55. The molecule has 2 rings (SSSR count). The second-order valence-electron chi connectivity index (χ2n) is 8.15. The molecule has 0 aliphatic heterocycles. The molecule has 1 aromatic carbocycles. The molecule has 214 valence electrons. The molecule has 1 aromatic heterocycles. The average Bonchev–Trinajstić information content (AvgIpc) is 2.89. The molecular formula is C24H30F3N4O6PS. The van der Waals surface area contributed by atoms with E-state index in [0.29, 0.717) is 28.4 Å². The summed E-state index contributed by atoms with van der Waals surface area (Å²) in [6, 6.07) is 2.63. The van der Waals surface area contributed by atoms with E-state index in [1.54, 1.807) is 13.8 Å². The van der Waals surface area contributed by atoms with Crippen LogP contribution >= 0.6 is 19.2 Å². The maximum Gasteiger partial charge on any atom is 0.469 e. The summed E-state index contributed by atoms with van der Waals surface area (Å²) in [6.07, 6.45) is 4.28. The van der Waals surface area contributed by atoms with Gasteiger partial charge in [0.25, 0.3) is 0 Å². The van der Waals surface area contributed by atoms with E-state index in [0.717, 1.165) is 0 Å². The Labute approximate surface area is 227 Å². The summed E-state index contributed by atoms with van der Waals surface area (Å²) in [6.45, 7) is -0.231. The number of anilines is 1. The number of hydrogen-bond acceptors (Lipinski definition) is 6. The standard InChI is InChI=1S/C24H30F3N4O6PS/c1-15(31(14-32)13-19-12-29-16(2)30-24(19)28)22(7-8-37-38(34,35)36)39-23(33)6-5-20-17(9-25)3-4-18(10-26)21(20)11-27/h3-6,12,14,33,39H,7-11,13H2,1-2H3,(H2,28,29,30)(H2,34,35,36)/b6-5+,22-15-. The number of benzene rings is 1. The summed E-state index contributed by atoms with van der Waals surface area (Å²) in [5.74, 6) is 0.594. The van der Waals surface area contributed by atoms with Crippen LogP contribution in [-0.4, -0.2) is 47.8 Å². The molecule has 10 nitrogen and oxygen atoms in total. The van der Waals surface area contributed by atoms with Crippen molar-refractivity contribution in [1.29, 1.82) is 0 Å². The van der Waals surface area contributed by atoms with Crippen LogP contribution in [0.15, 0.2) is 35.0 Å². The highest BCUT2D eigenvalue weighted by Gasteiger charge is 2.17. The molecule has 0 unspecified atom stereocenters. The SMILES string of the molecule is C/C(=C(CCOP(=O)(O)O)/[SH]=C(O)\C=C\c1c(CF)ccc(CF)c1CF)N(C=O)Cc1cnc(C)nc1N. The monoisotopic (exact) mass is 590 g/mol. The summed E-state index contributed by atoms with van der Waals surface area (Å²) in [7, 11) is -4.79. The predicted molar refractivity (Wildman–Crippen MR) is 145 cm³/mol. The number of carbonyl (C=O) groups is 1. The van der Waals surface area contributed by atoms with Crippen molar-refractivity contribution in [2.75, 3.05) is 12.3 Å². The van der Waals surface area contributed by atoms with Crippen molar-refractivity contribution in [2.24, 2.45) is 0 Å². The molecule has 0 atom stereocenters. The predicted octanol–water partition coefficient (Wildman–Crippen LogP) is 4.33. The number of rotatable bonds is 14. The number of alkyl halides is 3. The fraction of sp³-hybridized carbons (Fsp3) is 0.333. The summed E-state index contributed by atoms with van der Waals surface area (Å²) in [5.41, 5.74) is 6.88. The lowest BCUT2D eigenvalue weighted by Crippen LogP contribution is -2.22. The minimum Gasteiger partial charge on any atom is -0.383 e. The van der Waals surface area contributed by atoms with Crippen molar-refractivity contribution in [3.63, 3.8) is 0 Å². The summed E-state index contributed by atoms with van der Waals surface area (Å²) < 4.78 is 56.1. The Kier molecular flexibility index (Phi) is 12.5. The fourth-order valence-electron chi connectivity index (χ4n) is 3.50. The summed E-state index contributed by atoms with van der Waals surface area (Å²) >= 11 is 0.101. The normalized spacial score (nSPS) is 13.3. The molecule has 5 N–H and O–H groups in total. The number of thiol groups is 1.